The van der Waals surface area contributed by atoms with Gasteiger partial charge in [-0.3, -0.25) is 4.79 Å². The summed E-state index contributed by atoms with van der Waals surface area (Å²) in [5, 5.41) is 6.66. The van der Waals surface area contributed by atoms with Gasteiger partial charge in [0, 0.05) is 34.2 Å². The largest absolute Gasteiger partial charge is 0.348 e. The van der Waals surface area contributed by atoms with Gasteiger partial charge in [-0.1, -0.05) is 29.8 Å². The number of aryl methyl sites for hydroxylation is 2. The molecule has 0 saturated carbocycles. The first-order valence-corrected chi connectivity index (χ1v) is 8.60. The lowest BCUT2D eigenvalue weighted by Gasteiger charge is -2.09. The zero-order chi connectivity index (χ0) is 18.5. The second-order valence-electron chi connectivity index (χ2n) is 5.95. The summed E-state index contributed by atoms with van der Waals surface area (Å²) in [6.07, 6.45) is 0. The maximum Gasteiger partial charge on any atom is 0.251 e. The summed E-state index contributed by atoms with van der Waals surface area (Å²) >= 11 is 6.10. The molecule has 26 heavy (non-hydrogen) atoms. The highest BCUT2D eigenvalue weighted by Crippen LogP contribution is 2.16. The monoisotopic (exact) mass is 366 g/mol. The molecule has 0 atom stereocenters. The normalized spacial score (nSPS) is 10.4. The fraction of sp³-hybridized carbons (Fsp3) is 0.150. The third-order valence-corrected chi connectivity index (χ3v) is 4.15. The zero-order valence-corrected chi connectivity index (χ0v) is 15.3. The first-order chi connectivity index (χ1) is 12.5. The molecule has 132 valence electrons. The van der Waals surface area contributed by atoms with E-state index in [0.717, 1.165) is 22.6 Å². The molecule has 6 heteroatoms. The molecule has 2 aromatic carbocycles. The summed E-state index contributed by atoms with van der Waals surface area (Å²) in [6.45, 7) is 4.23. The van der Waals surface area contributed by atoms with Crippen LogP contribution in [0.3, 0.4) is 0 Å². The molecule has 0 radical (unpaired) electrons. The average molecular weight is 367 g/mol. The second-order valence-corrected chi connectivity index (χ2v) is 6.36. The van der Waals surface area contributed by atoms with E-state index >= 15 is 0 Å². The highest BCUT2D eigenvalue weighted by Gasteiger charge is 2.07. The average Bonchev–Trinajstić information content (AvgIpc) is 2.60. The Bertz CT molecular complexity index is 905. The Labute approximate surface area is 157 Å². The molecule has 0 aliphatic carbocycles. The van der Waals surface area contributed by atoms with Gasteiger partial charge in [0.05, 0.1) is 0 Å². The predicted molar refractivity (Wildman–Crippen MR) is 104 cm³/mol. The van der Waals surface area contributed by atoms with Crippen molar-refractivity contribution in [2.45, 2.75) is 20.4 Å². The van der Waals surface area contributed by atoms with Gasteiger partial charge in [-0.25, -0.2) is 9.97 Å². The molecule has 0 fully saturated rings. The number of benzene rings is 2. The van der Waals surface area contributed by atoms with Crippen LogP contribution in [0.1, 0.15) is 27.3 Å². The van der Waals surface area contributed by atoms with Gasteiger partial charge in [-0.05, 0) is 55.8 Å². The number of carbonyl (C=O) groups is 1. The third-order valence-electron chi connectivity index (χ3n) is 3.78. The van der Waals surface area contributed by atoms with Gasteiger partial charge in [0.2, 0.25) is 5.95 Å². The van der Waals surface area contributed by atoms with Gasteiger partial charge in [-0.15, -0.1) is 0 Å². The molecule has 0 saturated heterocycles. The van der Waals surface area contributed by atoms with Gasteiger partial charge in [0.25, 0.3) is 5.91 Å². The van der Waals surface area contributed by atoms with Gasteiger partial charge in [-0.2, -0.15) is 0 Å². The summed E-state index contributed by atoms with van der Waals surface area (Å²) < 4.78 is 0. The van der Waals surface area contributed by atoms with Gasteiger partial charge in [0.1, 0.15) is 0 Å². The Morgan fingerprint density at radius 1 is 1.00 bits per heavy atom. The topological polar surface area (TPSA) is 66.9 Å². The fourth-order valence-electron chi connectivity index (χ4n) is 2.54. The lowest BCUT2D eigenvalue weighted by Crippen LogP contribution is -2.22. The van der Waals surface area contributed by atoms with Crippen LogP contribution in [-0.4, -0.2) is 15.9 Å². The predicted octanol–water partition coefficient (Wildman–Crippen LogP) is 4.42. The van der Waals surface area contributed by atoms with Gasteiger partial charge >= 0.3 is 0 Å². The quantitative estimate of drug-likeness (QED) is 0.701. The molecule has 1 aromatic heterocycles. The van der Waals surface area contributed by atoms with E-state index in [0.29, 0.717) is 23.1 Å². The molecular weight excluding hydrogens is 348 g/mol. The molecule has 0 unspecified atom stereocenters. The van der Waals surface area contributed by atoms with Gasteiger partial charge in [0.15, 0.2) is 0 Å². The van der Waals surface area contributed by atoms with Crippen molar-refractivity contribution in [1.82, 2.24) is 15.3 Å². The number of nitrogens with one attached hydrogen (secondary N) is 2. The van der Waals surface area contributed by atoms with E-state index in [4.69, 9.17) is 11.6 Å². The Morgan fingerprint density at radius 3 is 2.31 bits per heavy atom. The van der Waals surface area contributed by atoms with E-state index in [-0.39, 0.29) is 5.91 Å². The minimum Gasteiger partial charge on any atom is -0.348 e. The maximum atomic E-state index is 12.3. The Morgan fingerprint density at radius 2 is 1.65 bits per heavy atom. The van der Waals surface area contributed by atoms with Crippen molar-refractivity contribution in [3.8, 4) is 0 Å². The smallest absolute Gasteiger partial charge is 0.251 e. The minimum atomic E-state index is -0.154. The lowest BCUT2D eigenvalue weighted by atomic mass is 10.1. The standard InChI is InChI=1S/C20H19ClN4O/c1-13-11-14(2)24-20(23-13)25-17-9-7-15(8-10-17)19(26)22-12-16-5-3-4-6-18(16)21/h3-11H,12H2,1-2H3,(H,22,26)(H,23,24,25). The SMILES string of the molecule is Cc1cc(C)nc(Nc2ccc(C(=O)NCc3ccccc3Cl)cc2)n1. The van der Waals surface area contributed by atoms with Crippen LogP contribution in [0.15, 0.2) is 54.6 Å². The molecule has 2 N–H and O–H groups in total. The summed E-state index contributed by atoms with van der Waals surface area (Å²) in [5.41, 5.74) is 4.07. The van der Waals surface area contributed by atoms with Crippen molar-refractivity contribution in [1.29, 1.82) is 0 Å². The van der Waals surface area contributed by atoms with Crippen molar-refractivity contribution in [3.05, 3.63) is 82.1 Å². The van der Waals surface area contributed by atoms with E-state index < -0.39 is 0 Å². The van der Waals surface area contributed by atoms with Crippen LogP contribution in [0.25, 0.3) is 0 Å². The van der Waals surface area contributed by atoms with E-state index in [1.54, 1.807) is 18.2 Å². The van der Waals surface area contributed by atoms with Crippen LogP contribution >= 0.6 is 11.6 Å². The molecule has 0 aliphatic rings. The van der Waals surface area contributed by atoms with Crippen LogP contribution in [0, 0.1) is 13.8 Å². The van der Waals surface area contributed by atoms with E-state index in [1.807, 2.05) is 50.2 Å². The Balaban J connectivity index is 1.63. The maximum absolute atomic E-state index is 12.3. The number of amides is 1. The number of carbonyl (C=O) groups excluding carboxylic acids is 1. The van der Waals surface area contributed by atoms with Crippen molar-refractivity contribution in [2.75, 3.05) is 5.32 Å². The van der Waals surface area contributed by atoms with Crippen LogP contribution in [0.5, 0.6) is 0 Å². The number of hydrogen-bond donors (Lipinski definition) is 2. The zero-order valence-electron chi connectivity index (χ0n) is 14.6. The number of rotatable bonds is 5. The number of hydrogen-bond acceptors (Lipinski definition) is 4. The molecule has 3 rings (SSSR count). The molecule has 3 aromatic rings. The molecule has 1 heterocycles. The first-order valence-electron chi connectivity index (χ1n) is 8.22. The molecule has 5 nitrogen and oxygen atoms in total. The second kappa shape index (κ2) is 7.97. The summed E-state index contributed by atoms with van der Waals surface area (Å²) in [4.78, 5) is 21.0. The summed E-state index contributed by atoms with van der Waals surface area (Å²) in [6, 6.07) is 16.5. The highest BCUT2D eigenvalue weighted by molar-refractivity contribution is 6.31. The number of aromatic nitrogens is 2. The number of halogens is 1. The van der Waals surface area contributed by atoms with Crippen molar-refractivity contribution >= 4 is 29.1 Å². The molecule has 0 spiro atoms. The third kappa shape index (κ3) is 4.58. The lowest BCUT2D eigenvalue weighted by molar-refractivity contribution is 0.0951. The number of anilines is 2. The van der Waals surface area contributed by atoms with E-state index in [1.165, 1.54) is 0 Å². The van der Waals surface area contributed by atoms with Crippen molar-refractivity contribution in [2.24, 2.45) is 0 Å². The van der Waals surface area contributed by atoms with Crippen LogP contribution < -0.4 is 10.6 Å². The van der Waals surface area contributed by atoms with Crippen LogP contribution in [0.2, 0.25) is 5.02 Å². The van der Waals surface area contributed by atoms with Crippen LogP contribution in [0.4, 0.5) is 11.6 Å². The Hall–Kier alpha value is -2.92. The number of nitrogens with zero attached hydrogens (tertiary/aromatic N) is 2. The van der Waals surface area contributed by atoms with Crippen LogP contribution in [-0.2, 0) is 6.54 Å². The summed E-state index contributed by atoms with van der Waals surface area (Å²) in [5.74, 6) is 0.387. The van der Waals surface area contributed by atoms with Crippen molar-refractivity contribution in [3.63, 3.8) is 0 Å². The fourth-order valence-corrected chi connectivity index (χ4v) is 2.74. The van der Waals surface area contributed by atoms with Gasteiger partial charge < -0.3 is 10.6 Å². The molecule has 0 bridgehead atoms. The molecule has 0 aliphatic heterocycles. The van der Waals surface area contributed by atoms with E-state index in [2.05, 4.69) is 20.6 Å². The first kappa shape index (κ1) is 17.9. The minimum absolute atomic E-state index is 0.154. The Kier molecular flexibility index (Phi) is 5.49. The molecular formula is C20H19ClN4O. The van der Waals surface area contributed by atoms with Crippen molar-refractivity contribution < 1.29 is 4.79 Å². The summed E-state index contributed by atoms with van der Waals surface area (Å²) in [7, 11) is 0. The van der Waals surface area contributed by atoms with E-state index in [9.17, 15) is 4.79 Å². The molecule has 1 amide bonds. The highest BCUT2D eigenvalue weighted by atomic mass is 35.5.